The minimum Gasteiger partial charge on any atom is -0.480 e. The number of allylic oxidation sites excluding steroid dienone is 1. The van der Waals surface area contributed by atoms with E-state index >= 15 is 0 Å². The molecule has 222 valence electrons. The summed E-state index contributed by atoms with van der Waals surface area (Å²) in [4.78, 5) is 16.4. The average molecular weight is 561 g/mol. The lowest BCUT2D eigenvalue weighted by molar-refractivity contribution is -0.152. The van der Waals surface area contributed by atoms with Gasteiger partial charge in [-0.1, -0.05) is 42.8 Å². The molecule has 41 heavy (non-hydrogen) atoms. The molecule has 6 N–H and O–H groups in total. The van der Waals surface area contributed by atoms with E-state index in [1.54, 1.807) is 6.08 Å². The van der Waals surface area contributed by atoms with E-state index in [4.69, 9.17) is 5.73 Å². The third kappa shape index (κ3) is 4.52. The van der Waals surface area contributed by atoms with E-state index in [9.17, 15) is 20.1 Å². The zero-order valence-electron chi connectivity index (χ0n) is 24.7. The third-order valence-electron chi connectivity index (χ3n) is 12.4. The zero-order chi connectivity index (χ0) is 29.2. The summed E-state index contributed by atoms with van der Waals surface area (Å²) >= 11 is 0. The van der Waals surface area contributed by atoms with Gasteiger partial charge in [-0.15, -0.1) is 6.58 Å². The summed E-state index contributed by atoms with van der Waals surface area (Å²) in [7, 11) is 0. The standard InChI is InChI=1S/C35H48N2O4/c1-4-15-33(3,41)30-12-11-28-26-10-9-23-18-24(38)13-16-32(23,2)27(26)14-17-34(28,30)21-35(36,31(39)40)19-22-20-37-29-8-6-5-7-25(22)29/h4-9,20,24,26-28,30,37-38,41H,1,10-19,21,36H2,2-3H3,(H,39,40)/t24-,26+,27-,28-,30+,32-,33+,34+,35+/m0/s1. The van der Waals surface area contributed by atoms with Crippen LogP contribution in [0.3, 0.4) is 0 Å². The van der Waals surface area contributed by atoms with Crippen LogP contribution in [-0.2, 0) is 11.2 Å². The van der Waals surface area contributed by atoms with E-state index < -0.39 is 17.1 Å². The normalized spacial score (nSPS) is 37.7. The number of aromatic nitrogens is 1. The van der Waals surface area contributed by atoms with Crippen molar-refractivity contribution in [1.29, 1.82) is 0 Å². The molecule has 1 aromatic heterocycles. The Morgan fingerprint density at radius 2 is 1.98 bits per heavy atom. The van der Waals surface area contributed by atoms with Crippen LogP contribution in [0.15, 0.2) is 54.8 Å². The molecule has 6 heteroatoms. The average Bonchev–Trinajstić information content (AvgIpc) is 3.51. The largest absolute Gasteiger partial charge is 0.480 e. The highest BCUT2D eigenvalue weighted by molar-refractivity contribution is 5.85. The molecule has 0 unspecified atom stereocenters. The predicted molar refractivity (Wildman–Crippen MR) is 162 cm³/mol. The van der Waals surface area contributed by atoms with Crippen molar-refractivity contribution in [3.8, 4) is 0 Å². The number of fused-ring (bicyclic) bond motifs is 6. The third-order valence-corrected chi connectivity index (χ3v) is 12.4. The number of para-hydroxylation sites is 1. The Labute approximate surface area is 244 Å². The topological polar surface area (TPSA) is 120 Å². The Morgan fingerprint density at radius 1 is 1.20 bits per heavy atom. The first kappa shape index (κ1) is 28.7. The van der Waals surface area contributed by atoms with E-state index in [-0.39, 0.29) is 29.3 Å². The van der Waals surface area contributed by atoms with E-state index in [1.165, 1.54) is 5.57 Å². The number of benzene rings is 1. The van der Waals surface area contributed by atoms with Crippen molar-refractivity contribution in [1.82, 2.24) is 4.98 Å². The van der Waals surface area contributed by atoms with Gasteiger partial charge in [-0.2, -0.15) is 0 Å². The Morgan fingerprint density at radius 3 is 2.73 bits per heavy atom. The number of carboxylic acids is 1. The fraction of sp³-hybridized carbons (Fsp3) is 0.629. The van der Waals surface area contributed by atoms with Crippen LogP contribution in [-0.4, -0.2) is 43.5 Å². The summed E-state index contributed by atoms with van der Waals surface area (Å²) in [5, 5.41) is 34.1. The summed E-state index contributed by atoms with van der Waals surface area (Å²) < 4.78 is 0. The van der Waals surface area contributed by atoms with Crippen LogP contribution in [0.25, 0.3) is 10.9 Å². The SMILES string of the molecule is C=CC[C@@](C)(O)[C@H]1CC[C@H]2[C@@H]3CC=C4C[C@@H](O)CC[C@]4(C)[C@H]3CC[C@@]21C[C@](N)(Cc1c[nH]c2ccccc12)C(=O)O. The molecule has 1 heterocycles. The molecule has 6 rings (SSSR count). The molecule has 0 spiro atoms. The maximum atomic E-state index is 13.1. The van der Waals surface area contributed by atoms with Gasteiger partial charge < -0.3 is 26.0 Å². The lowest BCUT2D eigenvalue weighted by Crippen LogP contribution is -2.60. The molecule has 0 saturated heterocycles. The summed E-state index contributed by atoms with van der Waals surface area (Å²) in [5.74, 6) is 0.237. The van der Waals surface area contributed by atoms with Crippen molar-refractivity contribution in [3.63, 3.8) is 0 Å². The van der Waals surface area contributed by atoms with E-state index in [0.717, 1.165) is 67.8 Å². The molecule has 9 atom stereocenters. The van der Waals surface area contributed by atoms with Crippen LogP contribution in [0.4, 0.5) is 0 Å². The van der Waals surface area contributed by atoms with Gasteiger partial charge in [0, 0.05) is 23.5 Å². The molecule has 4 aliphatic rings. The van der Waals surface area contributed by atoms with Gasteiger partial charge >= 0.3 is 5.97 Å². The Kier molecular flexibility index (Phi) is 7.07. The minimum atomic E-state index is -1.46. The van der Waals surface area contributed by atoms with Gasteiger partial charge in [-0.25, -0.2) is 0 Å². The second-order valence-electron chi connectivity index (χ2n) is 14.6. The molecule has 0 aliphatic heterocycles. The molecular weight excluding hydrogens is 512 g/mol. The summed E-state index contributed by atoms with van der Waals surface area (Å²) in [5.41, 5.74) is 7.66. The maximum absolute atomic E-state index is 13.1. The van der Waals surface area contributed by atoms with Crippen molar-refractivity contribution in [2.45, 2.75) is 102 Å². The molecule has 6 nitrogen and oxygen atoms in total. The van der Waals surface area contributed by atoms with Gasteiger partial charge in [0.25, 0.3) is 0 Å². The quantitative estimate of drug-likeness (QED) is 0.249. The molecule has 3 fully saturated rings. The van der Waals surface area contributed by atoms with Crippen molar-refractivity contribution in [2.24, 2.45) is 40.2 Å². The number of nitrogens with two attached hydrogens (primary N) is 1. The number of hydrogen-bond donors (Lipinski definition) is 5. The van der Waals surface area contributed by atoms with Crippen LogP contribution in [0.1, 0.15) is 83.6 Å². The molecule has 0 radical (unpaired) electrons. The van der Waals surface area contributed by atoms with Crippen molar-refractivity contribution in [3.05, 3.63) is 60.3 Å². The highest BCUT2D eigenvalue weighted by Gasteiger charge is 2.65. The second kappa shape index (κ2) is 10.1. The van der Waals surface area contributed by atoms with Gasteiger partial charge in [-0.05, 0) is 117 Å². The second-order valence-corrected chi connectivity index (χ2v) is 14.6. The zero-order valence-corrected chi connectivity index (χ0v) is 24.7. The van der Waals surface area contributed by atoms with Gasteiger partial charge in [0.05, 0.1) is 11.7 Å². The van der Waals surface area contributed by atoms with Crippen molar-refractivity contribution < 1.29 is 20.1 Å². The van der Waals surface area contributed by atoms with Gasteiger partial charge in [0.2, 0.25) is 0 Å². The summed E-state index contributed by atoms with van der Waals surface area (Å²) in [6, 6.07) is 7.98. The molecular formula is C35H48N2O4. The first-order valence-electron chi connectivity index (χ1n) is 15.7. The fourth-order valence-corrected chi connectivity index (χ4v) is 10.6. The van der Waals surface area contributed by atoms with Crippen LogP contribution < -0.4 is 5.73 Å². The number of aliphatic carboxylic acids is 1. The van der Waals surface area contributed by atoms with Crippen LogP contribution in [0, 0.1) is 34.5 Å². The number of carbonyl (C=O) groups is 1. The van der Waals surface area contributed by atoms with Gasteiger partial charge in [0.15, 0.2) is 0 Å². The summed E-state index contributed by atoms with van der Waals surface area (Å²) in [6.07, 6.45) is 14.3. The predicted octanol–water partition coefficient (Wildman–Crippen LogP) is 6.13. The van der Waals surface area contributed by atoms with Gasteiger partial charge in [-0.3, -0.25) is 4.79 Å². The lowest BCUT2D eigenvalue weighted by atomic mass is 9.45. The molecule has 4 aliphatic carbocycles. The van der Waals surface area contributed by atoms with Crippen molar-refractivity contribution in [2.75, 3.05) is 0 Å². The highest BCUT2D eigenvalue weighted by atomic mass is 16.4. The number of H-pyrrole nitrogens is 1. The number of aliphatic hydroxyl groups is 2. The van der Waals surface area contributed by atoms with E-state index in [0.29, 0.717) is 30.6 Å². The van der Waals surface area contributed by atoms with Crippen LogP contribution >= 0.6 is 0 Å². The highest BCUT2D eigenvalue weighted by Crippen LogP contribution is 2.69. The molecule has 0 amide bonds. The molecule has 1 aromatic carbocycles. The minimum absolute atomic E-state index is 0.0458. The lowest BCUT2D eigenvalue weighted by Gasteiger charge is -2.60. The number of hydrogen-bond acceptors (Lipinski definition) is 4. The monoisotopic (exact) mass is 560 g/mol. The Hall–Kier alpha value is -2.41. The van der Waals surface area contributed by atoms with Crippen LogP contribution in [0.5, 0.6) is 0 Å². The van der Waals surface area contributed by atoms with E-state index in [1.807, 2.05) is 37.4 Å². The van der Waals surface area contributed by atoms with E-state index in [2.05, 4.69) is 24.6 Å². The Balaban J connectivity index is 1.40. The smallest absolute Gasteiger partial charge is 0.324 e. The summed E-state index contributed by atoms with van der Waals surface area (Å²) in [6.45, 7) is 8.28. The Bertz CT molecular complexity index is 1360. The van der Waals surface area contributed by atoms with Gasteiger partial charge in [0.1, 0.15) is 5.54 Å². The number of rotatable bonds is 8. The fourth-order valence-electron chi connectivity index (χ4n) is 10.6. The first-order chi connectivity index (χ1) is 19.4. The van der Waals surface area contributed by atoms with Crippen molar-refractivity contribution >= 4 is 16.9 Å². The molecule has 3 saturated carbocycles. The number of aliphatic hydroxyl groups excluding tert-OH is 1. The number of aromatic amines is 1. The number of nitrogens with one attached hydrogen (secondary N) is 1. The molecule has 2 aromatic rings. The first-order valence-corrected chi connectivity index (χ1v) is 15.7. The maximum Gasteiger partial charge on any atom is 0.324 e. The number of carboxylic acid groups (broad SMARTS) is 1. The van der Waals surface area contributed by atoms with Crippen LogP contribution in [0.2, 0.25) is 0 Å². The molecule has 0 bridgehead atoms.